The molecule has 0 radical (unpaired) electrons. The van der Waals surface area contributed by atoms with Crippen LogP contribution in [-0.2, 0) is 16.1 Å². The molecule has 0 bridgehead atoms. The van der Waals surface area contributed by atoms with Gasteiger partial charge in [0.1, 0.15) is 18.9 Å². The third-order valence-corrected chi connectivity index (χ3v) is 4.07. The molecular formula is C19H16N2O5. The van der Waals surface area contributed by atoms with Crippen molar-refractivity contribution in [2.24, 2.45) is 0 Å². The first-order valence-electron chi connectivity index (χ1n) is 8.15. The van der Waals surface area contributed by atoms with Crippen molar-refractivity contribution in [1.82, 2.24) is 9.38 Å². The first kappa shape index (κ1) is 16.1. The van der Waals surface area contributed by atoms with Gasteiger partial charge in [0.05, 0.1) is 5.69 Å². The number of esters is 1. The van der Waals surface area contributed by atoms with Gasteiger partial charge in [0.2, 0.25) is 6.10 Å². The van der Waals surface area contributed by atoms with Gasteiger partial charge in [0.25, 0.3) is 5.56 Å². The molecule has 0 aliphatic carbocycles. The zero-order chi connectivity index (χ0) is 18.1. The van der Waals surface area contributed by atoms with Crippen LogP contribution in [0.5, 0.6) is 11.5 Å². The van der Waals surface area contributed by atoms with Crippen molar-refractivity contribution in [1.29, 1.82) is 0 Å². The van der Waals surface area contributed by atoms with Crippen LogP contribution in [0, 0.1) is 6.92 Å². The standard InChI is InChI=1S/C19H16N2O5/c1-12-5-4-8-17-20-13(9-18(22)21(12)17)10-25-19(23)16-11-24-14-6-2-3-7-15(14)26-16/h2-9,16H,10-11H2,1H3/t16-/m1/s1. The van der Waals surface area contributed by atoms with Crippen LogP contribution in [-0.4, -0.2) is 28.1 Å². The number of hydrogen-bond donors (Lipinski definition) is 0. The van der Waals surface area contributed by atoms with E-state index in [1.54, 1.807) is 24.3 Å². The highest BCUT2D eigenvalue weighted by Crippen LogP contribution is 2.31. The normalized spacial score (nSPS) is 15.7. The molecule has 26 heavy (non-hydrogen) atoms. The average molecular weight is 352 g/mol. The van der Waals surface area contributed by atoms with E-state index in [1.165, 1.54) is 10.5 Å². The summed E-state index contributed by atoms with van der Waals surface area (Å²) in [7, 11) is 0. The van der Waals surface area contributed by atoms with Gasteiger partial charge in [-0.05, 0) is 31.2 Å². The largest absolute Gasteiger partial charge is 0.485 e. The minimum atomic E-state index is -0.853. The highest BCUT2D eigenvalue weighted by Gasteiger charge is 2.28. The van der Waals surface area contributed by atoms with Gasteiger partial charge in [-0.3, -0.25) is 9.20 Å². The Morgan fingerprint density at radius 1 is 1.23 bits per heavy atom. The minimum Gasteiger partial charge on any atom is -0.485 e. The summed E-state index contributed by atoms with van der Waals surface area (Å²) in [5, 5.41) is 0. The molecule has 1 atom stereocenters. The number of benzene rings is 1. The van der Waals surface area contributed by atoms with Gasteiger partial charge in [0.15, 0.2) is 11.5 Å². The lowest BCUT2D eigenvalue weighted by molar-refractivity contribution is -0.156. The van der Waals surface area contributed by atoms with E-state index in [1.807, 2.05) is 25.1 Å². The number of para-hydroxylation sites is 2. The van der Waals surface area contributed by atoms with Crippen LogP contribution in [0.4, 0.5) is 0 Å². The van der Waals surface area contributed by atoms with Crippen LogP contribution in [0.15, 0.2) is 53.3 Å². The maximum absolute atomic E-state index is 12.2. The molecule has 7 nitrogen and oxygen atoms in total. The number of ether oxygens (including phenoxy) is 3. The summed E-state index contributed by atoms with van der Waals surface area (Å²) in [4.78, 5) is 28.9. The SMILES string of the molecule is Cc1cccc2nc(COC(=O)[C@H]3COc4ccccc4O3)cc(=O)n12. The van der Waals surface area contributed by atoms with Crippen molar-refractivity contribution < 1.29 is 19.0 Å². The van der Waals surface area contributed by atoms with Gasteiger partial charge < -0.3 is 14.2 Å². The van der Waals surface area contributed by atoms with Gasteiger partial charge in [-0.25, -0.2) is 9.78 Å². The summed E-state index contributed by atoms with van der Waals surface area (Å²) in [5.41, 5.74) is 1.46. The lowest BCUT2D eigenvalue weighted by atomic mass is 10.2. The number of carbonyl (C=O) groups excluding carboxylic acids is 1. The Bertz CT molecular complexity index is 1040. The number of nitrogens with zero attached hydrogens (tertiary/aromatic N) is 2. The van der Waals surface area contributed by atoms with Crippen molar-refractivity contribution in [3.8, 4) is 11.5 Å². The van der Waals surface area contributed by atoms with Crippen LogP contribution in [0.2, 0.25) is 0 Å². The number of hydrogen-bond acceptors (Lipinski definition) is 6. The van der Waals surface area contributed by atoms with E-state index >= 15 is 0 Å². The van der Waals surface area contributed by atoms with Crippen molar-refractivity contribution in [3.63, 3.8) is 0 Å². The number of aryl methyl sites for hydroxylation is 1. The Morgan fingerprint density at radius 2 is 2.04 bits per heavy atom. The van der Waals surface area contributed by atoms with Gasteiger partial charge in [-0.2, -0.15) is 0 Å². The summed E-state index contributed by atoms with van der Waals surface area (Å²) in [6.45, 7) is 1.79. The third kappa shape index (κ3) is 2.99. The van der Waals surface area contributed by atoms with Crippen LogP contribution in [0.25, 0.3) is 5.65 Å². The predicted molar refractivity (Wildman–Crippen MR) is 92.3 cm³/mol. The summed E-state index contributed by atoms with van der Waals surface area (Å²) >= 11 is 0. The maximum Gasteiger partial charge on any atom is 0.351 e. The van der Waals surface area contributed by atoms with E-state index in [9.17, 15) is 9.59 Å². The predicted octanol–water partition coefficient (Wildman–Crippen LogP) is 1.89. The van der Waals surface area contributed by atoms with Crippen molar-refractivity contribution >= 4 is 11.6 Å². The second-order valence-electron chi connectivity index (χ2n) is 5.92. The van der Waals surface area contributed by atoms with E-state index in [-0.39, 0.29) is 18.8 Å². The van der Waals surface area contributed by atoms with Gasteiger partial charge >= 0.3 is 5.97 Å². The van der Waals surface area contributed by atoms with E-state index in [0.29, 0.717) is 22.8 Å². The van der Waals surface area contributed by atoms with Gasteiger partial charge in [-0.1, -0.05) is 18.2 Å². The second-order valence-corrected chi connectivity index (χ2v) is 5.92. The van der Waals surface area contributed by atoms with Crippen molar-refractivity contribution in [2.45, 2.75) is 19.6 Å². The molecular weight excluding hydrogens is 336 g/mol. The second kappa shape index (κ2) is 6.51. The summed E-state index contributed by atoms with van der Waals surface area (Å²) in [6, 6.07) is 13.9. The Labute approximate surface area is 148 Å². The minimum absolute atomic E-state index is 0.0723. The molecule has 3 aromatic rings. The molecule has 4 rings (SSSR count). The Kier molecular flexibility index (Phi) is 4.04. The summed E-state index contributed by atoms with van der Waals surface area (Å²) in [6.07, 6.45) is -0.853. The monoisotopic (exact) mass is 352 g/mol. The molecule has 3 heterocycles. The number of fused-ring (bicyclic) bond motifs is 2. The van der Waals surface area contributed by atoms with Crippen LogP contribution in [0.1, 0.15) is 11.4 Å². The fraction of sp³-hybridized carbons (Fsp3) is 0.211. The molecule has 7 heteroatoms. The van der Waals surface area contributed by atoms with E-state index in [4.69, 9.17) is 14.2 Å². The summed E-state index contributed by atoms with van der Waals surface area (Å²) in [5.74, 6) is 0.528. The number of aromatic nitrogens is 2. The molecule has 0 saturated heterocycles. The molecule has 1 aliphatic heterocycles. The fourth-order valence-electron chi connectivity index (χ4n) is 2.81. The van der Waals surface area contributed by atoms with Gasteiger partial charge in [0, 0.05) is 11.8 Å². The Morgan fingerprint density at radius 3 is 2.88 bits per heavy atom. The van der Waals surface area contributed by atoms with E-state index in [2.05, 4.69) is 4.98 Å². The molecule has 0 fully saturated rings. The Hall–Kier alpha value is -3.35. The topological polar surface area (TPSA) is 79.1 Å². The smallest absolute Gasteiger partial charge is 0.351 e. The van der Waals surface area contributed by atoms with Gasteiger partial charge in [-0.15, -0.1) is 0 Å². The summed E-state index contributed by atoms with van der Waals surface area (Å²) < 4.78 is 17.9. The molecule has 132 valence electrons. The zero-order valence-corrected chi connectivity index (χ0v) is 14.0. The first-order valence-corrected chi connectivity index (χ1v) is 8.15. The third-order valence-electron chi connectivity index (χ3n) is 4.07. The van der Waals surface area contributed by atoms with Crippen LogP contribution < -0.4 is 15.0 Å². The molecule has 0 amide bonds. The molecule has 0 N–H and O–H groups in total. The molecule has 1 aliphatic rings. The van der Waals surface area contributed by atoms with E-state index < -0.39 is 12.1 Å². The van der Waals surface area contributed by atoms with E-state index in [0.717, 1.165) is 5.69 Å². The quantitative estimate of drug-likeness (QED) is 0.670. The molecule has 0 saturated carbocycles. The number of carbonyl (C=O) groups is 1. The average Bonchev–Trinajstić information content (AvgIpc) is 2.65. The molecule has 0 unspecified atom stereocenters. The van der Waals surface area contributed by atoms with Crippen LogP contribution in [0.3, 0.4) is 0 Å². The highest BCUT2D eigenvalue weighted by molar-refractivity contribution is 5.76. The van der Waals surface area contributed by atoms with Crippen molar-refractivity contribution in [3.05, 3.63) is 70.3 Å². The lowest BCUT2D eigenvalue weighted by Crippen LogP contribution is -2.37. The Balaban J connectivity index is 1.47. The molecule has 2 aromatic heterocycles. The molecule has 0 spiro atoms. The molecule has 1 aromatic carbocycles. The highest BCUT2D eigenvalue weighted by atomic mass is 16.6. The van der Waals surface area contributed by atoms with Crippen molar-refractivity contribution in [2.75, 3.05) is 6.61 Å². The zero-order valence-electron chi connectivity index (χ0n) is 14.0. The maximum atomic E-state index is 12.2. The van der Waals surface area contributed by atoms with Crippen LogP contribution >= 0.6 is 0 Å². The number of rotatable bonds is 3. The first-order chi connectivity index (χ1) is 12.6. The number of pyridine rings is 1. The lowest BCUT2D eigenvalue weighted by Gasteiger charge is -2.24. The fourth-order valence-corrected chi connectivity index (χ4v) is 2.81.